The molecule has 0 aliphatic heterocycles. The zero-order valence-corrected chi connectivity index (χ0v) is 7.55. The van der Waals surface area contributed by atoms with Crippen molar-refractivity contribution in [1.29, 1.82) is 0 Å². The van der Waals surface area contributed by atoms with Crippen molar-refractivity contribution in [3.63, 3.8) is 0 Å². The van der Waals surface area contributed by atoms with Gasteiger partial charge in [-0.05, 0) is 12.8 Å². The zero-order chi connectivity index (χ0) is 8.91. The van der Waals surface area contributed by atoms with Crippen LogP contribution in [0, 0.1) is 0 Å². The molecule has 0 aliphatic carbocycles. The summed E-state index contributed by atoms with van der Waals surface area (Å²) in [4.78, 5) is 10.7. The van der Waals surface area contributed by atoms with Crippen LogP contribution in [0.3, 0.4) is 0 Å². The van der Waals surface area contributed by atoms with Gasteiger partial charge in [-0.25, -0.2) is 5.32 Å². The van der Waals surface area contributed by atoms with Gasteiger partial charge in [0.15, 0.2) is 0 Å². The van der Waals surface area contributed by atoms with Gasteiger partial charge in [0, 0.05) is 19.0 Å². The minimum atomic E-state index is -0.265. The predicted octanol–water partition coefficient (Wildman–Crippen LogP) is 0.655. The summed E-state index contributed by atoms with van der Waals surface area (Å²) >= 11 is 0. The van der Waals surface area contributed by atoms with Gasteiger partial charge < -0.3 is 5.73 Å². The van der Waals surface area contributed by atoms with E-state index in [9.17, 15) is 4.79 Å². The molecule has 0 aromatic heterocycles. The quantitative estimate of drug-likeness (QED) is 0.626. The highest BCUT2D eigenvalue weighted by Crippen LogP contribution is 2.19. The first-order chi connectivity index (χ1) is 5.10. The van der Waals surface area contributed by atoms with Crippen LogP contribution in [0.5, 0.6) is 0 Å². The molecule has 0 atom stereocenters. The number of nitrogens with two attached hydrogens (primary N) is 1. The van der Waals surface area contributed by atoms with Crippen molar-refractivity contribution >= 4 is 5.91 Å². The average Bonchev–Trinajstić information content (AvgIpc) is 2.00. The molecular formula is C8H17N2O. The van der Waals surface area contributed by atoms with E-state index in [1.54, 1.807) is 7.05 Å². The summed E-state index contributed by atoms with van der Waals surface area (Å²) < 4.78 is 0. The van der Waals surface area contributed by atoms with E-state index in [1.165, 1.54) is 0 Å². The van der Waals surface area contributed by atoms with Crippen LogP contribution in [0.15, 0.2) is 0 Å². The monoisotopic (exact) mass is 157 g/mol. The van der Waals surface area contributed by atoms with Gasteiger partial charge in [0.25, 0.3) is 0 Å². The number of hydrogen-bond acceptors (Lipinski definition) is 1. The molecule has 0 unspecified atom stereocenters. The van der Waals surface area contributed by atoms with E-state index < -0.39 is 0 Å². The second-order valence-electron chi connectivity index (χ2n) is 2.80. The number of primary amides is 1. The molecule has 0 aromatic rings. The predicted molar refractivity (Wildman–Crippen MR) is 45.2 cm³/mol. The number of carbonyl (C=O) groups excluding carboxylic acids is 1. The third-order valence-electron chi connectivity index (χ3n) is 2.29. The fraction of sp³-hybridized carbons (Fsp3) is 0.875. The lowest BCUT2D eigenvalue weighted by Gasteiger charge is -2.27. The molecule has 11 heavy (non-hydrogen) atoms. The van der Waals surface area contributed by atoms with Gasteiger partial charge in [-0.1, -0.05) is 13.8 Å². The van der Waals surface area contributed by atoms with Crippen LogP contribution in [-0.2, 0) is 4.79 Å². The van der Waals surface area contributed by atoms with Gasteiger partial charge in [0.1, 0.15) is 0 Å². The smallest absolute Gasteiger partial charge is 0.219 e. The third-order valence-corrected chi connectivity index (χ3v) is 2.29. The molecule has 0 rings (SSSR count). The van der Waals surface area contributed by atoms with Crippen LogP contribution in [-0.4, -0.2) is 18.5 Å². The molecule has 0 heterocycles. The van der Waals surface area contributed by atoms with Crippen molar-refractivity contribution in [3.8, 4) is 0 Å². The second-order valence-corrected chi connectivity index (χ2v) is 2.80. The molecule has 0 aromatic carbocycles. The molecule has 0 fully saturated rings. The Hall–Kier alpha value is -0.570. The minimum Gasteiger partial charge on any atom is -0.370 e. The van der Waals surface area contributed by atoms with Crippen LogP contribution in [0.25, 0.3) is 0 Å². The molecule has 2 N–H and O–H groups in total. The van der Waals surface area contributed by atoms with Crippen molar-refractivity contribution in [1.82, 2.24) is 5.32 Å². The Morgan fingerprint density at radius 2 is 1.91 bits per heavy atom. The molecule has 65 valence electrons. The SMILES string of the molecule is CCC(CC)(CC(N)=O)[N]C. The standard InChI is InChI=1S/C8H17N2O/c1-4-8(5-2,10-3)6-7(9)11/h4-6H2,1-3H3,(H2,9,11). The maximum Gasteiger partial charge on any atom is 0.219 e. The van der Waals surface area contributed by atoms with Crippen molar-refractivity contribution in [2.45, 2.75) is 38.6 Å². The maximum absolute atomic E-state index is 10.7. The summed E-state index contributed by atoms with van der Waals surface area (Å²) in [6.45, 7) is 4.05. The highest BCUT2D eigenvalue weighted by atomic mass is 16.1. The molecule has 0 spiro atoms. The van der Waals surface area contributed by atoms with Crippen molar-refractivity contribution < 1.29 is 4.79 Å². The number of amides is 1. The summed E-state index contributed by atoms with van der Waals surface area (Å²) in [5, 5.41) is 4.20. The lowest BCUT2D eigenvalue weighted by Crippen LogP contribution is -2.40. The first-order valence-electron chi connectivity index (χ1n) is 3.99. The summed E-state index contributed by atoms with van der Waals surface area (Å²) in [6.07, 6.45) is 2.13. The molecule has 0 bridgehead atoms. The van der Waals surface area contributed by atoms with Crippen LogP contribution in [0.2, 0.25) is 0 Å². The van der Waals surface area contributed by atoms with E-state index in [0.29, 0.717) is 6.42 Å². The normalized spacial score (nSPS) is 11.5. The lowest BCUT2D eigenvalue weighted by molar-refractivity contribution is -0.119. The molecule has 3 nitrogen and oxygen atoms in total. The number of nitrogens with zero attached hydrogens (tertiary/aromatic N) is 1. The Morgan fingerprint density at radius 3 is 2.00 bits per heavy atom. The fourth-order valence-corrected chi connectivity index (χ4v) is 1.22. The Labute approximate surface area is 68.3 Å². The molecule has 0 aliphatic rings. The first-order valence-corrected chi connectivity index (χ1v) is 3.99. The van der Waals surface area contributed by atoms with Crippen LogP contribution in [0.1, 0.15) is 33.1 Å². The van der Waals surface area contributed by atoms with Gasteiger partial charge in [0.05, 0.1) is 0 Å². The zero-order valence-electron chi connectivity index (χ0n) is 7.55. The maximum atomic E-state index is 10.7. The summed E-state index contributed by atoms with van der Waals surface area (Å²) in [5.74, 6) is -0.265. The van der Waals surface area contributed by atoms with E-state index in [0.717, 1.165) is 12.8 Å². The van der Waals surface area contributed by atoms with E-state index in [1.807, 2.05) is 13.8 Å². The Balaban J connectivity index is 4.16. The second kappa shape index (κ2) is 4.34. The highest BCUT2D eigenvalue weighted by Gasteiger charge is 2.26. The summed E-state index contributed by atoms with van der Waals surface area (Å²) in [6, 6.07) is 0. The number of rotatable bonds is 5. The molecule has 0 saturated heterocycles. The number of hydrogen-bond donors (Lipinski definition) is 1. The summed E-state index contributed by atoms with van der Waals surface area (Å²) in [7, 11) is 1.75. The largest absolute Gasteiger partial charge is 0.370 e. The van der Waals surface area contributed by atoms with E-state index in [4.69, 9.17) is 5.73 Å². The number of carbonyl (C=O) groups is 1. The van der Waals surface area contributed by atoms with E-state index >= 15 is 0 Å². The van der Waals surface area contributed by atoms with Gasteiger partial charge >= 0.3 is 0 Å². The topological polar surface area (TPSA) is 57.2 Å². The van der Waals surface area contributed by atoms with Crippen molar-refractivity contribution in [3.05, 3.63) is 0 Å². The van der Waals surface area contributed by atoms with Gasteiger partial charge in [-0.3, -0.25) is 4.79 Å². The lowest BCUT2D eigenvalue weighted by atomic mass is 9.89. The molecule has 0 saturated carbocycles. The Bertz CT molecular complexity index is 122. The van der Waals surface area contributed by atoms with Crippen molar-refractivity contribution in [2.24, 2.45) is 5.73 Å². The average molecular weight is 157 g/mol. The molecule has 1 radical (unpaired) electrons. The van der Waals surface area contributed by atoms with Crippen molar-refractivity contribution in [2.75, 3.05) is 7.05 Å². The first kappa shape index (κ1) is 10.4. The van der Waals surface area contributed by atoms with Crippen LogP contribution < -0.4 is 11.1 Å². The van der Waals surface area contributed by atoms with E-state index in [-0.39, 0.29) is 11.4 Å². The molecule has 1 amide bonds. The van der Waals surface area contributed by atoms with Gasteiger partial charge in [0.2, 0.25) is 5.91 Å². The van der Waals surface area contributed by atoms with Gasteiger partial charge in [-0.2, -0.15) is 0 Å². The highest BCUT2D eigenvalue weighted by molar-refractivity contribution is 5.75. The Kier molecular flexibility index (Phi) is 4.11. The van der Waals surface area contributed by atoms with E-state index in [2.05, 4.69) is 5.32 Å². The Morgan fingerprint density at radius 1 is 1.45 bits per heavy atom. The summed E-state index contributed by atoms with van der Waals surface area (Å²) in [5.41, 5.74) is 4.90. The van der Waals surface area contributed by atoms with Crippen LogP contribution >= 0.6 is 0 Å². The molecule has 3 heteroatoms. The molecular weight excluding hydrogens is 140 g/mol. The van der Waals surface area contributed by atoms with Crippen LogP contribution in [0.4, 0.5) is 0 Å². The minimum absolute atomic E-state index is 0.203. The third kappa shape index (κ3) is 2.89. The fourth-order valence-electron chi connectivity index (χ4n) is 1.22. The van der Waals surface area contributed by atoms with Gasteiger partial charge in [-0.15, -0.1) is 0 Å².